The number of fused-ring (bicyclic) bond motifs is 1. The SMILES string of the molecule is COc1cc2c(Cc3ccncc3)nnc(N3CCN(C(=O)C(=O)Nc4ccc(F)c(Cl)c4)CC3)c2cc1OCCCN1CCOCC1. The lowest BCUT2D eigenvalue weighted by Gasteiger charge is -2.35. The Morgan fingerprint density at radius 3 is 2.44 bits per heavy atom. The van der Waals surface area contributed by atoms with Crippen LogP contribution in [-0.4, -0.2) is 110 Å². The maximum absolute atomic E-state index is 13.5. The van der Waals surface area contributed by atoms with Crippen LogP contribution in [0, 0.1) is 5.82 Å². The standard InChI is InChI=1S/C34H37ClFN7O5/c1-46-30-21-25-26(22-31(30)48-16-2-9-41-14-17-47-18-15-41)32(40-39-29(25)19-23-5-7-37-8-6-23)42-10-12-43(13-11-42)34(45)33(44)38-24-3-4-28(36)27(35)20-24/h3-8,20-22H,2,9-19H2,1H3,(H,38,44). The highest BCUT2D eigenvalue weighted by Gasteiger charge is 2.28. The molecule has 4 aromatic rings. The molecule has 0 bridgehead atoms. The molecule has 2 aromatic carbocycles. The molecule has 0 unspecified atom stereocenters. The molecule has 0 aliphatic carbocycles. The molecule has 2 fully saturated rings. The van der Waals surface area contributed by atoms with Crippen molar-refractivity contribution in [3.05, 3.63) is 77.0 Å². The van der Waals surface area contributed by atoms with Crippen LogP contribution in [0.1, 0.15) is 17.7 Å². The van der Waals surface area contributed by atoms with Gasteiger partial charge in [0.1, 0.15) is 5.82 Å². The van der Waals surface area contributed by atoms with E-state index >= 15 is 0 Å². The lowest BCUT2D eigenvalue weighted by Crippen LogP contribution is -2.51. The number of anilines is 2. The summed E-state index contributed by atoms with van der Waals surface area (Å²) in [6.07, 6.45) is 4.90. The van der Waals surface area contributed by atoms with Gasteiger partial charge in [-0.1, -0.05) is 11.6 Å². The summed E-state index contributed by atoms with van der Waals surface area (Å²) in [6.45, 7) is 6.24. The number of aromatic nitrogens is 3. The second kappa shape index (κ2) is 15.5. The first kappa shape index (κ1) is 33.3. The highest BCUT2D eigenvalue weighted by atomic mass is 35.5. The molecule has 0 spiro atoms. The molecule has 2 aromatic heterocycles. The van der Waals surface area contributed by atoms with Crippen LogP contribution in [-0.2, 0) is 20.7 Å². The number of piperazine rings is 1. The van der Waals surface area contributed by atoms with Crippen molar-refractivity contribution < 1.29 is 28.2 Å². The number of benzene rings is 2. The second-order valence-electron chi connectivity index (χ2n) is 11.6. The summed E-state index contributed by atoms with van der Waals surface area (Å²) in [6, 6.07) is 11.5. The number of nitrogens with zero attached hydrogens (tertiary/aromatic N) is 6. The van der Waals surface area contributed by atoms with E-state index in [9.17, 15) is 14.0 Å². The zero-order valence-electron chi connectivity index (χ0n) is 26.7. The second-order valence-corrected chi connectivity index (χ2v) is 12.0. The summed E-state index contributed by atoms with van der Waals surface area (Å²) in [5.41, 5.74) is 2.06. The minimum Gasteiger partial charge on any atom is -0.493 e. The van der Waals surface area contributed by atoms with Gasteiger partial charge in [-0.25, -0.2) is 4.39 Å². The molecule has 4 heterocycles. The number of carbonyl (C=O) groups is 2. The summed E-state index contributed by atoms with van der Waals surface area (Å²) in [4.78, 5) is 35.7. The van der Waals surface area contributed by atoms with E-state index in [1.807, 2.05) is 24.3 Å². The van der Waals surface area contributed by atoms with Crippen LogP contribution in [0.15, 0.2) is 54.9 Å². The Balaban J connectivity index is 1.20. The van der Waals surface area contributed by atoms with Crippen LogP contribution in [0.2, 0.25) is 5.02 Å². The third-order valence-electron chi connectivity index (χ3n) is 8.46. The Kier molecular flexibility index (Phi) is 10.8. The van der Waals surface area contributed by atoms with Crippen molar-refractivity contribution in [2.24, 2.45) is 0 Å². The van der Waals surface area contributed by atoms with E-state index in [2.05, 4.69) is 30.3 Å². The fourth-order valence-corrected chi connectivity index (χ4v) is 6.03. The number of nitrogens with one attached hydrogen (secondary N) is 1. The Morgan fingerprint density at radius 1 is 0.958 bits per heavy atom. The van der Waals surface area contributed by atoms with Gasteiger partial charge in [-0.15, -0.1) is 5.10 Å². The van der Waals surface area contributed by atoms with E-state index in [1.54, 1.807) is 19.5 Å². The minimum absolute atomic E-state index is 0.145. The topological polar surface area (TPSA) is 122 Å². The van der Waals surface area contributed by atoms with Gasteiger partial charge in [0.15, 0.2) is 17.3 Å². The summed E-state index contributed by atoms with van der Waals surface area (Å²) in [7, 11) is 1.62. The van der Waals surface area contributed by atoms with E-state index in [4.69, 9.17) is 25.8 Å². The Bertz CT molecular complexity index is 1750. The first-order valence-corrected chi connectivity index (χ1v) is 16.3. The molecule has 12 nitrogen and oxygen atoms in total. The van der Waals surface area contributed by atoms with Crippen molar-refractivity contribution >= 4 is 45.7 Å². The maximum Gasteiger partial charge on any atom is 0.313 e. The van der Waals surface area contributed by atoms with Gasteiger partial charge in [-0.3, -0.25) is 19.5 Å². The molecule has 6 rings (SSSR count). The third kappa shape index (κ3) is 7.92. The number of morpholine rings is 1. The monoisotopic (exact) mass is 677 g/mol. The average Bonchev–Trinajstić information content (AvgIpc) is 3.12. The number of methoxy groups -OCH3 is 1. The molecule has 0 saturated carbocycles. The van der Waals surface area contributed by atoms with Crippen molar-refractivity contribution in [2.45, 2.75) is 12.8 Å². The molecule has 0 atom stereocenters. The predicted octanol–water partition coefficient (Wildman–Crippen LogP) is 3.81. The van der Waals surface area contributed by atoms with E-state index < -0.39 is 17.6 Å². The van der Waals surface area contributed by atoms with E-state index in [0.717, 1.165) is 67.4 Å². The number of rotatable bonds is 10. The number of hydrogen-bond acceptors (Lipinski definition) is 10. The fourth-order valence-electron chi connectivity index (χ4n) is 5.85. The van der Waals surface area contributed by atoms with Gasteiger partial charge >= 0.3 is 11.8 Å². The van der Waals surface area contributed by atoms with Crippen LogP contribution < -0.4 is 19.7 Å². The molecule has 0 radical (unpaired) electrons. The van der Waals surface area contributed by atoms with Crippen molar-refractivity contribution in [3.63, 3.8) is 0 Å². The van der Waals surface area contributed by atoms with E-state index in [0.29, 0.717) is 56.5 Å². The average molecular weight is 678 g/mol. The van der Waals surface area contributed by atoms with Gasteiger partial charge < -0.3 is 29.3 Å². The highest BCUT2D eigenvalue weighted by molar-refractivity contribution is 6.39. The maximum atomic E-state index is 13.5. The molecular weight excluding hydrogens is 641 g/mol. The minimum atomic E-state index is -0.820. The highest BCUT2D eigenvalue weighted by Crippen LogP contribution is 2.38. The lowest BCUT2D eigenvalue weighted by molar-refractivity contribution is -0.143. The molecule has 2 aliphatic rings. The van der Waals surface area contributed by atoms with Crippen LogP contribution in [0.25, 0.3) is 10.8 Å². The van der Waals surface area contributed by atoms with Crippen molar-refractivity contribution in [3.8, 4) is 11.5 Å². The zero-order chi connectivity index (χ0) is 33.5. The largest absolute Gasteiger partial charge is 0.493 e. The molecule has 252 valence electrons. The summed E-state index contributed by atoms with van der Waals surface area (Å²) >= 11 is 5.82. The number of halogens is 2. The molecule has 1 N–H and O–H groups in total. The normalized spacial score (nSPS) is 15.4. The molecule has 2 aliphatic heterocycles. The van der Waals surface area contributed by atoms with Gasteiger partial charge in [0.25, 0.3) is 0 Å². The predicted molar refractivity (Wildman–Crippen MR) is 179 cm³/mol. The Morgan fingerprint density at radius 2 is 1.71 bits per heavy atom. The van der Waals surface area contributed by atoms with Crippen LogP contribution in [0.4, 0.5) is 15.9 Å². The molecule has 2 amide bonds. The van der Waals surface area contributed by atoms with Crippen LogP contribution >= 0.6 is 11.6 Å². The van der Waals surface area contributed by atoms with Crippen molar-refractivity contribution in [1.29, 1.82) is 0 Å². The van der Waals surface area contributed by atoms with Crippen molar-refractivity contribution in [2.75, 3.05) is 83.0 Å². The zero-order valence-corrected chi connectivity index (χ0v) is 27.4. The number of ether oxygens (including phenoxy) is 3. The van der Waals surface area contributed by atoms with Crippen molar-refractivity contribution in [1.82, 2.24) is 25.0 Å². The van der Waals surface area contributed by atoms with E-state index in [1.165, 1.54) is 17.0 Å². The van der Waals surface area contributed by atoms with Crippen LogP contribution in [0.3, 0.4) is 0 Å². The van der Waals surface area contributed by atoms with E-state index in [-0.39, 0.29) is 10.7 Å². The molecule has 2 saturated heterocycles. The van der Waals surface area contributed by atoms with Gasteiger partial charge in [-0.2, -0.15) is 5.10 Å². The van der Waals surface area contributed by atoms with Crippen LogP contribution in [0.5, 0.6) is 11.5 Å². The van der Waals surface area contributed by atoms with Gasteiger partial charge in [0.05, 0.1) is 37.6 Å². The van der Waals surface area contributed by atoms with Gasteiger partial charge in [0.2, 0.25) is 0 Å². The lowest BCUT2D eigenvalue weighted by atomic mass is 10.0. The number of amides is 2. The Hall–Kier alpha value is -4.59. The van der Waals surface area contributed by atoms with Gasteiger partial charge in [-0.05, 0) is 54.4 Å². The number of hydrogen-bond donors (Lipinski definition) is 1. The van der Waals surface area contributed by atoms with Gasteiger partial charge in [0, 0.05) is 81.1 Å². The number of pyridine rings is 1. The first-order chi connectivity index (χ1) is 23.4. The summed E-state index contributed by atoms with van der Waals surface area (Å²) in [5, 5.41) is 13.4. The first-order valence-electron chi connectivity index (χ1n) is 15.9. The molecule has 14 heteroatoms. The fraction of sp³-hybridized carbons (Fsp3) is 0.382. The summed E-state index contributed by atoms with van der Waals surface area (Å²) in [5.74, 6) is -0.244. The third-order valence-corrected chi connectivity index (χ3v) is 8.75. The quantitative estimate of drug-likeness (QED) is 0.196. The Labute approximate surface area is 282 Å². The number of carbonyl (C=O) groups excluding carboxylic acids is 2. The summed E-state index contributed by atoms with van der Waals surface area (Å²) < 4.78 is 31.0. The molecule has 48 heavy (non-hydrogen) atoms. The molecular formula is C34H37ClFN7O5. The smallest absolute Gasteiger partial charge is 0.313 e.